The number of ketones is 1. The minimum Gasteiger partial charge on any atom is -0.493 e. The molecule has 1 saturated heterocycles. The molecule has 5 rings (SSSR count). The van der Waals surface area contributed by atoms with Gasteiger partial charge in [0.1, 0.15) is 11.5 Å². The highest BCUT2D eigenvalue weighted by atomic mass is 16.5. The van der Waals surface area contributed by atoms with Crippen LogP contribution in [-0.2, 0) is 16.6 Å². The molecule has 1 saturated carbocycles. The fourth-order valence-corrected chi connectivity index (χ4v) is 6.47. The predicted octanol–water partition coefficient (Wildman–Crippen LogP) is 4.60. The van der Waals surface area contributed by atoms with Crippen molar-refractivity contribution in [2.24, 2.45) is 11.8 Å². The molecule has 2 aromatic carbocycles. The maximum atomic E-state index is 12.9. The van der Waals surface area contributed by atoms with Gasteiger partial charge in [0.25, 0.3) is 0 Å². The van der Waals surface area contributed by atoms with Crippen LogP contribution in [0.15, 0.2) is 42.5 Å². The summed E-state index contributed by atoms with van der Waals surface area (Å²) in [5, 5.41) is 0. The number of piperidine rings is 1. The number of carbonyl (C=O) groups is 1. The second-order valence-electron chi connectivity index (χ2n) is 9.13. The van der Waals surface area contributed by atoms with Gasteiger partial charge in [-0.05, 0) is 62.0 Å². The molecule has 0 aromatic heterocycles. The molecule has 4 atom stereocenters. The van der Waals surface area contributed by atoms with Crippen molar-refractivity contribution in [1.29, 1.82) is 0 Å². The fraction of sp³-hybridized carbons (Fsp3) is 0.480. The first kappa shape index (κ1) is 18.7. The van der Waals surface area contributed by atoms with Gasteiger partial charge in [0.05, 0.1) is 7.11 Å². The highest BCUT2D eigenvalue weighted by molar-refractivity contribution is 5.82. The van der Waals surface area contributed by atoms with E-state index in [1.54, 1.807) is 7.11 Å². The van der Waals surface area contributed by atoms with Crippen molar-refractivity contribution >= 4 is 5.78 Å². The summed E-state index contributed by atoms with van der Waals surface area (Å²) in [4.78, 5) is 15.4. The molecule has 0 spiro atoms. The third kappa shape index (κ3) is 2.80. The summed E-state index contributed by atoms with van der Waals surface area (Å²) in [6.45, 7) is 3.29. The van der Waals surface area contributed by atoms with Crippen LogP contribution in [0.5, 0.6) is 17.2 Å². The number of ether oxygens (including phenoxy) is 2. The molecular weight excluding hydrogens is 362 g/mol. The molecular formula is C25H29NO3. The van der Waals surface area contributed by atoms with Crippen molar-refractivity contribution in [2.75, 3.05) is 20.7 Å². The first-order valence-electron chi connectivity index (χ1n) is 10.7. The molecule has 2 fully saturated rings. The first-order chi connectivity index (χ1) is 14.0. The average molecular weight is 392 g/mol. The van der Waals surface area contributed by atoms with Crippen LogP contribution in [0.2, 0.25) is 0 Å². The van der Waals surface area contributed by atoms with Crippen LogP contribution in [0.4, 0.5) is 0 Å². The molecule has 152 valence electrons. The Bertz CT molecular complexity index is 941. The normalized spacial score (nSPS) is 31.0. The summed E-state index contributed by atoms with van der Waals surface area (Å²) in [7, 11) is 3.94. The third-order valence-electron chi connectivity index (χ3n) is 7.52. The zero-order valence-electron chi connectivity index (χ0n) is 17.5. The van der Waals surface area contributed by atoms with E-state index in [2.05, 4.69) is 24.9 Å². The number of hydrogen-bond acceptors (Lipinski definition) is 4. The third-order valence-corrected chi connectivity index (χ3v) is 7.52. The van der Waals surface area contributed by atoms with E-state index >= 15 is 0 Å². The van der Waals surface area contributed by atoms with E-state index in [-0.39, 0.29) is 5.41 Å². The van der Waals surface area contributed by atoms with Crippen LogP contribution in [0.25, 0.3) is 0 Å². The van der Waals surface area contributed by atoms with Gasteiger partial charge in [-0.1, -0.05) is 31.2 Å². The maximum Gasteiger partial charge on any atom is 0.173 e. The van der Waals surface area contributed by atoms with E-state index in [4.69, 9.17) is 9.47 Å². The van der Waals surface area contributed by atoms with Crippen molar-refractivity contribution in [3.8, 4) is 17.2 Å². The van der Waals surface area contributed by atoms with E-state index in [1.165, 1.54) is 11.1 Å². The molecule has 2 aliphatic carbocycles. The molecule has 0 unspecified atom stereocenters. The van der Waals surface area contributed by atoms with Crippen molar-refractivity contribution in [3.63, 3.8) is 0 Å². The Kier molecular flexibility index (Phi) is 4.43. The Morgan fingerprint density at radius 3 is 2.66 bits per heavy atom. The first-order valence-corrected chi connectivity index (χ1v) is 10.7. The van der Waals surface area contributed by atoms with E-state index in [1.807, 2.05) is 36.4 Å². The number of rotatable bonds is 3. The lowest BCUT2D eigenvalue weighted by Gasteiger charge is -2.60. The van der Waals surface area contributed by atoms with Crippen LogP contribution >= 0.6 is 0 Å². The number of hydrogen-bond donors (Lipinski definition) is 0. The van der Waals surface area contributed by atoms with Gasteiger partial charge in [0, 0.05) is 29.9 Å². The molecule has 1 heterocycles. The Hall–Kier alpha value is -2.33. The Balaban J connectivity index is 1.73. The lowest BCUT2D eigenvalue weighted by molar-refractivity contribution is -0.130. The van der Waals surface area contributed by atoms with Crippen LogP contribution in [0, 0.1) is 11.8 Å². The summed E-state index contributed by atoms with van der Waals surface area (Å²) in [5.41, 5.74) is 2.39. The Labute approximate surface area is 172 Å². The SMILES string of the molecule is COc1ccc2c(c1Oc1ccccc1)[C@@]13CCN(C)[C@@H](C2)[C@@H]1[C@H](C)CC(=O)C3. The average Bonchev–Trinajstić information content (AvgIpc) is 2.71. The second kappa shape index (κ2) is 6.88. The number of Topliss-reactive ketones (excluding diaryl/α,β-unsaturated/α-hetero) is 1. The summed E-state index contributed by atoms with van der Waals surface area (Å²) in [6, 6.07) is 14.6. The molecule has 0 radical (unpaired) electrons. The summed E-state index contributed by atoms with van der Waals surface area (Å²) >= 11 is 0. The topological polar surface area (TPSA) is 38.8 Å². The summed E-state index contributed by atoms with van der Waals surface area (Å²) < 4.78 is 12.2. The Morgan fingerprint density at radius 1 is 1.10 bits per heavy atom. The Morgan fingerprint density at radius 2 is 1.90 bits per heavy atom. The van der Waals surface area contributed by atoms with Crippen LogP contribution in [0.1, 0.15) is 37.3 Å². The van der Waals surface area contributed by atoms with Gasteiger partial charge in [-0.3, -0.25) is 4.79 Å². The van der Waals surface area contributed by atoms with Gasteiger partial charge >= 0.3 is 0 Å². The maximum absolute atomic E-state index is 12.9. The highest BCUT2D eigenvalue weighted by Gasteiger charge is 2.58. The number of nitrogens with zero attached hydrogens (tertiary/aromatic N) is 1. The molecule has 29 heavy (non-hydrogen) atoms. The smallest absolute Gasteiger partial charge is 0.173 e. The number of benzene rings is 2. The van der Waals surface area contributed by atoms with Crippen molar-refractivity contribution in [1.82, 2.24) is 4.90 Å². The molecule has 4 nitrogen and oxygen atoms in total. The van der Waals surface area contributed by atoms with Gasteiger partial charge in [0.2, 0.25) is 0 Å². The quantitative estimate of drug-likeness (QED) is 0.766. The molecule has 0 amide bonds. The molecule has 3 aliphatic rings. The minimum atomic E-state index is -0.155. The van der Waals surface area contributed by atoms with Crippen molar-refractivity contribution in [2.45, 2.75) is 44.1 Å². The van der Waals surface area contributed by atoms with Gasteiger partial charge in [-0.2, -0.15) is 0 Å². The number of methoxy groups -OCH3 is 1. The van der Waals surface area contributed by atoms with Crippen LogP contribution < -0.4 is 9.47 Å². The zero-order valence-corrected chi connectivity index (χ0v) is 17.5. The lowest BCUT2D eigenvalue weighted by atomic mass is 9.49. The highest BCUT2D eigenvalue weighted by Crippen LogP contribution is 2.60. The van der Waals surface area contributed by atoms with Crippen molar-refractivity contribution < 1.29 is 14.3 Å². The van der Waals surface area contributed by atoms with Gasteiger partial charge in [-0.25, -0.2) is 0 Å². The standard InChI is InChI=1S/C25H29NO3/c1-16-13-18(27)15-25-11-12-26(2)20(22(16)25)14-17-9-10-21(28-3)24(23(17)25)29-19-7-5-4-6-8-19/h4-10,16,20,22H,11-15H2,1-3H3/t16-,20+,22+,25-/m1/s1. The number of carbonyl (C=O) groups excluding carboxylic acids is 1. The monoisotopic (exact) mass is 391 g/mol. The van der Waals surface area contributed by atoms with Crippen LogP contribution in [-0.4, -0.2) is 37.4 Å². The molecule has 2 aromatic rings. The molecule has 0 N–H and O–H groups in total. The molecule has 4 heteroatoms. The van der Waals surface area contributed by atoms with Crippen LogP contribution in [0.3, 0.4) is 0 Å². The van der Waals surface area contributed by atoms with Gasteiger partial charge in [-0.15, -0.1) is 0 Å². The second-order valence-corrected chi connectivity index (χ2v) is 9.13. The number of likely N-dealkylation sites (tertiary alicyclic amines) is 1. The van der Waals surface area contributed by atoms with E-state index in [0.717, 1.165) is 36.6 Å². The number of fused-ring (bicyclic) bond motifs is 1. The molecule has 2 bridgehead atoms. The van der Waals surface area contributed by atoms with Gasteiger partial charge in [0.15, 0.2) is 11.5 Å². The number of likely N-dealkylation sites (N-methyl/N-ethyl adjacent to an activating group) is 1. The van der Waals surface area contributed by atoms with Gasteiger partial charge < -0.3 is 14.4 Å². The number of para-hydroxylation sites is 1. The lowest BCUT2D eigenvalue weighted by Crippen LogP contribution is -2.63. The van der Waals surface area contributed by atoms with E-state index in [9.17, 15) is 4.79 Å². The summed E-state index contributed by atoms with van der Waals surface area (Å²) in [6.07, 6.45) is 3.32. The zero-order chi connectivity index (χ0) is 20.2. The summed E-state index contributed by atoms with van der Waals surface area (Å²) in [5.74, 6) is 3.61. The van der Waals surface area contributed by atoms with E-state index in [0.29, 0.717) is 36.5 Å². The fourth-order valence-electron chi connectivity index (χ4n) is 6.47. The van der Waals surface area contributed by atoms with Crippen molar-refractivity contribution in [3.05, 3.63) is 53.6 Å². The largest absolute Gasteiger partial charge is 0.493 e. The molecule has 1 aliphatic heterocycles. The predicted molar refractivity (Wildman–Crippen MR) is 113 cm³/mol. The minimum absolute atomic E-state index is 0.155. The van der Waals surface area contributed by atoms with E-state index < -0.39 is 0 Å².